The maximum atomic E-state index is 12.0. The van der Waals surface area contributed by atoms with Crippen LogP contribution < -0.4 is 10.6 Å². The average Bonchev–Trinajstić information content (AvgIpc) is 2.54. The zero-order valence-corrected chi connectivity index (χ0v) is 15.9. The smallest absolute Gasteiger partial charge is 0.243 e. The van der Waals surface area contributed by atoms with Gasteiger partial charge in [0.05, 0.1) is 22.2 Å². The summed E-state index contributed by atoms with van der Waals surface area (Å²) in [5.74, 6) is -0.297. The van der Waals surface area contributed by atoms with Crippen molar-refractivity contribution in [2.24, 2.45) is 0 Å². The number of nitrogens with zero attached hydrogens (tertiary/aromatic N) is 1. The first kappa shape index (κ1) is 19.5. The Kier molecular flexibility index (Phi) is 6.29. The van der Waals surface area contributed by atoms with E-state index >= 15 is 0 Å². The van der Waals surface area contributed by atoms with Crippen LogP contribution in [0, 0.1) is 0 Å². The maximum absolute atomic E-state index is 12.0. The van der Waals surface area contributed by atoms with Crippen LogP contribution in [-0.2, 0) is 14.8 Å². The van der Waals surface area contributed by atoms with Gasteiger partial charge in [0.15, 0.2) is 0 Å². The number of sulfonamides is 1. The molecule has 0 unspecified atom stereocenters. The number of carbonyl (C=O) groups is 1. The van der Waals surface area contributed by atoms with E-state index in [-0.39, 0.29) is 17.3 Å². The zero-order chi connectivity index (χ0) is 18.6. The molecule has 0 bridgehead atoms. The van der Waals surface area contributed by atoms with Crippen molar-refractivity contribution in [3.8, 4) is 0 Å². The van der Waals surface area contributed by atoms with Gasteiger partial charge in [-0.15, -0.1) is 0 Å². The normalized spacial score (nSPS) is 11.4. The van der Waals surface area contributed by atoms with E-state index in [1.807, 2.05) is 0 Å². The fourth-order valence-corrected chi connectivity index (χ4v) is 3.31. The Morgan fingerprint density at radius 3 is 2.28 bits per heavy atom. The summed E-state index contributed by atoms with van der Waals surface area (Å²) in [6, 6.07) is 10.9. The van der Waals surface area contributed by atoms with Gasteiger partial charge in [0.1, 0.15) is 0 Å². The Morgan fingerprint density at radius 1 is 1.08 bits per heavy atom. The summed E-state index contributed by atoms with van der Waals surface area (Å²) in [7, 11) is -0.580. The SMILES string of the molecule is CN(C)S(=O)(=O)c1ccc(NC(=O)CNc2ccc(Cl)cc2Cl)cc1. The Hall–Kier alpha value is -1.80. The number of hydrogen-bond acceptors (Lipinski definition) is 4. The molecule has 0 fully saturated rings. The topological polar surface area (TPSA) is 78.5 Å². The predicted molar refractivity (Wildman–Crippen MR) is 101 cm³/mol. The molecule has 0 aliphatic heterocycles. The molecule has 0 heterocycles. The van der Waals surface area contributed by atoms with E-state index in [0.29, 0.717) is 21.4 Å². The number of halogens is 2. The van der Waals surface area contributed by atoms with Gasteiger partial charge in [-0.3, -0.25) is 4.79 Å². The molecule has 2 aromatic rings. The van der Waals surface area contributed by atoms with E-state index in [1.54, 1.807) is 18.2 Å². The van der Waals surface area contributed by atoms with Gasteiger partial charge in [-0.05, 0) is 42.5 Å². The van der Waals surface area contributed by atoms with Gasteiger partial charge in [0.2, 0.25) is 15.9 Å². The summed E-state index contributed by atoms with van der Waals surface area (Å²) >= 11 is 11.8. The van der Waals surface area contributed by atoms with Crippen molar-refractivity contribution in [3.63, 3.8) is 0 Å². The molecule has 0 aromatic heterocycles. The van der Waals surface area contributed by atoms with Gasteiger partial charge in [-0.1, -0.05) is 23.2 Å². The van der Waals surface area contributed by atoms with E-state index in [2.05, 4.69) is 10.6 Å². The molecule has 0 atom stereocenters. The molecule has 0 spiro atoms. The molecule has 9 heteroatoms. The van der Waals surface area contributed by atoms with Crippen molar-refractivity contribution in [2.75, 3.05) is 31.3 Å². The van der Waals surface area contributed by atoms with Crippen LogP contribution in [-0.4, -0.2) is 39.3 Å². The Labute approximate surface area is 156 Å². The van der Waals surface area contributed by atoms with E-state index in [0.717, 1.165) is 4.31 Å². The van der Waals surface area contributed by atoms with E-state index in [4.69, 9.17) is 23.2 Å². The van der Waals surface area contributed by atoms with Crippen LogP contribution in [0.1, 0.15) is 0 Å². The van der Waals surface area contributed by atoms with Crippen LogP contribution in [0.4, 0.5) is 11.4 Å². The molecule has 2 aromatic carbocycles. The minimum absolute atomic E-state index is 0.000893. The third-order valence-electron chi connectivity index (χ3n) is 3.29. The van der Waals surface area contributed by atoms with Gasteiger partial charge in [-0.25, -0.2) is 12.7 Å². The molecule has 134 valence electrons. The van der Waals surface area contributed by atoms with Gasteiger partial charge in [0.25, 0.3) is 0 Å². The highest BCUT2D eigenvalue weighted by Crippen LogP contribution is 2.25. The third kappa shape index (κ3) is 5.09. The quantitative estimate of drug-likeness (QED) is 0.777. The highest BCUT2D eigenvalue weighted by Gasteiger charge is 2.16. The van der Waals surface area contributed by atoms with Crippen LogP contribution in [0.5, 0.6) is 0 Å². The minimum atomic E-state index is -3.49. The largest absolute Gasteiger partial charge is 0.375 e. The zero-order valence-electron chi connectivity index (χ0n) is 13.6. The van der Waals surface area contributed by atoms with E-state index in [1.165, 1.54) is 38.4 Å². The number of anilines is 2. The fraction of sp³-hybridized carbons (Fsp3) is 0.188. The summed E-state index contributed by atoms with van der Waals surface area (Å²) < 4.78 is 25.1. The lowest BCUT2D eigenvalue weighted by Gasteiger charge is -2.12. The molecule has 2 rings (SSSR count). The van der Waals surface area contributed by atoms with Crippen molar-refractivity contribution in [1.82, 2.24) is 4.31 Å². The summed E-state index contributed by atoms with van der Waals surface area (Å²) in [6.07, 6.45) is 0. The maximum Gasteiger partial charge on any atom is 0.243 e. The third-order valence-corrected chi connectivity index (χ3v) is 5.66. The second-order valence-electron chi connectivity index (χ2n) is 5.34. The van der Waals surface area contributed by atoms with Gasteiger partial charge < -0.3 is 10.6 Å². The number of rotatable bonds is 6. The molecule has 0 radical (unpaired) electrons. The molecule has 0 aliphatic rings. The molecule has 0 saturated carbocycles. The monoisotopic (exact) mass is 401 g/mol. The van der Waals surface area contributed by atoms with Crippen molar-refractivity contribution in [3.05, 3.63) is 52.5 Å². The summed E-state index contributed by atoms with van der Waals surface area (Å²) in [5, 5.41) is 6.50. The Balaban J connectivity index is 1.97. The standard InChI is InChI=1S/C16H17Cl2N3O3S/c1-21(2)25(23,24)13-6-4-12(5-7-13)20-16(22)10-19-15-8-3-11(17)9-14(15)18/h3-9,19H,10H2,1-2H3,(H,20,22). The first-order valence-corrected chi connectivity index (χ1v) is 9.41. The van der Waals surface area contributed by atoms with Crippen LogP contribution in [0.3, 0.4) is 0 Å². The van der Waals surface area contributed by atoms with Crippen molar-refractivity contribution < 1.29 is 13.2 Å². The molecule has 6 nitrogen and oxygen atoms in total. The average molecular weight is 402 g/mol. The fourth-order valence-electron chi connectivity index (χ4n) is 1.93. The van der Waals surface area contributed by atoms with Crippen LogP contribution >= 0.6 is 23.2 Å². The second kappa shape index (κ2) is 8.05. The van der Waals surface area contributed by atoms with Crippen molar-refractivity contribution in [1.29, 1.82) is 0 Å². The molecule has 1 amide bonds. The lowest BCUT2D eigenvalue weighted by Crippen LogP contribution is -2.23. The highest BCUT2D eigenvalue weighted by molar-refractivity contribution is 7.89. The molecule has 2 N–H and O–H groups in total. The van der Waals surface area contributed by atoms with Crippen molar-refractivity contribution >= 4 is 50.5 Å². The van der Waals surface area contributed by atoms with Crippen LogP contribution in [0.25, 0.3) is 0 Å². The minimum Gasteiger partial charge on any atom is -0.375 e. The lowest BCUT2D eigenvalue weighted by molar-refractivity contribution is -0.114. The molecular weight excluding hydrogens is 385 g/mol. The van der Waals surface area contributed by atoms with Gasteiger partial charge in [0, 0.05) is 24.8 Å². The summed E-state index contributed by atoms with van der Waals surface area (Å²) in [4.78, 5) is 12.1. The molecule has 0 aliphatic carbocycles. The highest BCUT2D eigenvalue weighted by atomic mass is 35.5. The summed E-state index contributed by atoms with van der Waals surface area (Å²) in [6.45, 7) is -0.000893. The number of amides is 1. The van der Waals surface area contributed by atoms with Crippen LogP contribution in [0.2, 0.25) is 10.0 Å². The molecule has 25 heavy (non-hydrogen) atoms. The van der Waals surface area contributed by atoms with Gasteiger partial charge >= 0.3 is 0 Å². The number of nitrogens with one attached hydrogen (secondary N) is 2. The number of carbonyl (C=O) groups excluding carboxylic acids is 1. The first-order chi connectivity index (χ1) is 11.7. The number of benzene rings is 2. The first-order valence-electron chi connectivity index (χ1n) is 7.21. The summed E-state index contributed by atoms with van der Waals surface area (Å²) in [5.41, 5.74) is 1.08. The van der Waals surface area contributed by atoms with E-state index < -0.39 is 10.0 Å². The Morgan fingerprint density at radius 2 is 1.72 bits per heavy atom. The van der Waals surface area contributed by atoms with Crippen LogP contribution in [0.15, 0.2) is 47.4 Å². The molecule has 0 saturated heterocycles. The Bertz CT molecular complexity index is 869. The second-order valence-corrected chi connectivity index (χ2v) is 8.33. The van der Waals surface area contributed by atoms with Crippen molar-refractivity contribution in [2.45, 2.75) is 4.90 Å². The van der Waals surface area contributed by atoms with E-state index in [9.17, 15) is 13.2 Å². The number of hydrogen-bond donors (Lipinski definition) is 2. The van der Waals surface area contributed by atoms with Gasteiger partial charge in [-0.2, -0.15) is 0 Å². The predicted octanol–water partition coefficient (Wildman–Crippen LogP) is 3.29. The molecular formula is C16H17Cl2N3O3S. The lowest BCUT2D eigenvalue weighted by atomic mass is 10.3.